The van der Waals surface area contributed by atoms with E-state index < -0.39 is 45.2 Å². The Bertz CT molecular complexity index is 2670. The Hall–Kier alpha value is -5.82. The molecule has 5 amide bonds. The van der Waals surface area contributed by atoms with Crippen LogP contribution in [0, 0.1) is 0 Å². The molecule has 0 aliphatic carbocycles. The van der Waals surface area contributed by atoms with Crippen LogP contribution in [-0.2, 0) is 43.4 Å². The number of hydrogen-bond acceptors (Lipinski definition) is 13. The van der Waals surface area contributed by atoms with Crippen molar-refractivity contribution in [3.63, 3.8) is 0 Å². The van der Waals surface area contributed by atoms with Crippen molar-refractivity contribution in [2.75, 3.05) is 77.9 Å². The van der Waals surface area contributed by atoms with Gasteiger partial charge in [0.25, 0.3) is 11.8 Å². The summed E-state index contributed by atoms with van der Waals surface area (Å²) >= 11 is 5.17. The summed E-state index contributed by atoms with van der Waals surface area (Å²) in [5.41, 5.74) is 4.10. The normalized spacial score (nSPS) is 17.2. The van der Waals surface area contributed by atoms with Crippen LogP contribution in [0.3, 0.4) is 0 Å². The first-order valence-electron chi connectivity index (χ1n) is 21.7. The number of imide groups is 2. The van der Waals surface area contributed by atoms with E-state index in [0.717, 1.165) is 21.4 Å². The lowest BCUT2D eigenvalue weighted by molar-refractivity contribution is -0.136. The number of nitrogens with zero attached hydrogens (tertiary/aromatic N) is 3. The monoisotopic (exact) mass is 986 g/mol. The molecular weight excluding hydrogens is 938 g/mol. The molecule has 0 spiro atoms. The fourth-order valence-electron chi connectivity index (χ4n) is 8.17. The Labute approximate surface area is 394 Å². The molecule has 2 fully saturated rings. The highest BCUT2D eigenvalue weighted by Gasteiger charge is 2.51. The number of thiocarbonyl (C=S) groups is 1. The van der Waals surface area contributed by atoms with Crippen LogP contribution in [0.25, 0.3) is 22.0 Å². The number of sulfonamides is 1. The van der Waals surface area contributed by atoms with Crippen LogP contribution >= 0.6 is 12.2 Å². The minimum Gasteiger partial charge on any atom is -0.490 e. The number of nitrogens with two attached hydrogens (primary N) is 1. The lowest BCUT2D eigenvalue weighted by atomic mass is 10.0. The van der Waals surface area contributed by atoms with Crippen molar-refractivity contribution in [2.24, 2.45) is 5.73 Å². The van der Waals surface area contributed by atoms with Crippen molar-refractivity contribution in [3.05, 3.63) is 83.6 Å². The molecule has 0 radical (unpaired) electrons. The summed E-state index contributed by atoms with van der Waals surface area (Å²) < 4.78 is 94.3. The number of hydrogen-bond donors (Lipinski definition) is 3. The van der Waals surface area contributed by atoms with Crippen molar-refractivity contribution < 1.29 is 69.2 Å². The molecule has 364 valence electrons. The lowest BCUT2D eigenvalue weighted by Crippen LogP contribution is -2.54. The molecule has 3 aliphatic heterocycles. The van der Waals surface area contributed by atoms with Gasteiger partial charge in [-0.2, -0.15) is 17.5 Å². The molecule has 7 rings (SSSR count). The Balaban J connectivity index is 0.785. The van der Waals surface area contributed by atoms with E-state index in [9.17, 15) is 45.6 Å². The average Bonchev–Trinajstić information content (AvgIpc) is 3.81. The maximum Gasteiger partial charge on any atom is 0.511 e. The van der Waals surface area contributed by atoms with Gasteiger partial charge in [-0.3, -0.25) is 34.2 Å². The van der Waals surface area contributed by atoms with Gasteiger partial charge in [0.1, 0.15) is 23.4 Å². The Morgan fingerprint density at radius 1 is 0.809 bits per heavy atom. The number of anilines is 1. The van der Waals surface area contributed by atoms with Gasteiger partial charge in [0, 0.05) is 53.9 Å². The molecule has 1 atom stereocenters. The third-order valence-corrected chi connectivity index (χ3v) is 13.4. The first kappa shape index (κ1) is 50.1. The Kier molecular flexibility index (Phi) is 16.3. The first-order chi connectivity index (χ1) is 32.5. The molecule has 0 saturated carbocycles. The van der Waals surface area contributed by atoms with Crippen LogP contribution in [0.2, 0.25) is 0 Å². The van der Waals surface area contributed by atoms with Gasteiger partial charge in [0.05, 0.1) is 75.9 Å². The molecule has 3 aromatic carbocycles. The molecule has 0 bridgehead atoms. The number of benzene rings is 3. The molecule has 68 heavy (non-hydrogen) atoms. The van der Waals surface area contributed by atoms with Gasteiger partial charge in [-0.15, -0.1) is 0 Å². The second-order valence-corrected chi connectivity index (χ2v) is 18.3. The zero-order valence-corrected chi connectivity index (χ0v) is 38.2. The van der Waals surface area contributed by atoms with Gasteiger partial charge in [0.2, 0.25) is 17.7 Å². The van der Waals surface area contributed by atoms with E-state index in [4.69, 9.17) is 41.6 Å². The van der Waals surface area contributed by atoms with Crippen molar-refractivity contribution in [2.45, 2.75) is 49.7 Å². The van der Waals surface area contributed by atoms with Crippen LogP contribution in [0.1, 0.15) is 64.4 Å². The van der Waals surface area contributed by atoms with Gasteiger partial charge in [-0.25, -0.2) is 8.42 Å². The maximum absolute atomic E-state index is 13.3. The highest BCUT2D eigenvalue weighted by Crippen LogP contribution is 2.39. The second-order valence-electron chi connectivity index (χ2n) is 15.9. The van der Waals surface area contributed by atoms with Crippen molar-refractivity contribution in [1.82, 2.24) is 19.1 Å². The zero-order chi connectivity index (χ0) is 48.6. The van der Waals surface area contributed by atoms with Crippen LogP contribution < -0.4 is 21.1 Å². The fourth-order valence-corrected chi connectivity index (χ4v) is 9.28. The fraction of sp³-hybridized carbons (Fsp3) is 0.422. The number of amides is 5. The van der Waals surface area contributed by atoms with Crippen molar-refractivity contribution >= 4 is 73.4 Å². The SMILES string of the molecule is NC(=S)c1cccc(-c2cn(C3CCN(S(=O)(=O)C(F)(F)F)CC3)c3cc(NC(=O)CCOCCOCCOCCOCCOc4cccc5c4C(=O)N(C4CCC(=O)NC4=O)C5=O)ccc23)c1. The summed E-state index contributed by atoms with van der Waals surface area (Å²) in [7, 11) is -5.45. The van der Waals surface area contributed by atoms with E-state index in [1.807, 2.05) is 35.0 Å². The maximum atomic E-state index is 13.3. The number of fused-ring (bicyclic) bond motifs is 2. The molecular formula is C45H49F3N6O12S2. The predicted octanol–water partition coefficient (Wildman–Crippen LogP) is 4.30. The Morgan fingerprint density at radius 3 is 2.10 bits per heavy atom. The van der Waals surface area contributed by atoms with Crippen molar-refractivity contribution in [1.29, 1.82) is 0 Å². The zero-order valence-electron chi connectivity index (χ0n) is 36.6. The van der Waals surface area contributed by atoms with E-state index in [1.54, 1.807) is 30.3 Å². The molecule has 2 saturated heterocycles. The lowest BCUT2D eigenvalue weighted by Gasteiger charge is -2.32. The minimum atomic E-state index is -5.45. The predicted molar refractivity (Wildman–Crippen MR) is 243 cm³/mol. The third kappa shape index (κ3) is 11.5. The number of piperidine rings is 2. The number of halogens is 3. The summed E-state index contributed by atoms with van der Waals surface area (Å²) in [4.78, 5) is 64.1. The molecule has 4 N–H and O–H groups in total. The first-order valence-corrected chi connectivity index (χ1v) is 23.6. The molecule has 1 aromatic heterocycles. The molecule has 3 aliphatic rings. The van der Waals surface area contributed by atoms with E-state index in [-0.39, 0.29) is 132 Å². The molecule has 4 heterocycles. The number of alkyl halides is 3. The minimum absolute atomic E-state index is 0.0183. The van der Waals surface area contributed by atoms with Gasteiger partial charge in [-0.05, 0) is 55.2 Å². The summed E-state index contributed by atoms with van der Waals surface area (Å²) in [5, 5.41) is 5.84. The van der Waals surface area contributed by atoms with Gasteiger partial charge in [-0.1, -0.05) is 42.5 Å². The quantitative estimate of drug-likeness (QED) is 0.0567. The molecule has 1 unspecified atom stereocenters. The number of rotatable bonds is 22. The van der Waals surface area contributed by atoms with E-state index in [1.165, 1.54) is 6.07 Å². The number of aromatic nitrogens is 1. The third-order valence-electron chi connectivity index (χ3n) is 11.5. The topological polar surface area (TPSA) is 227 Å². The van der Waals surface area contributed by atoms with Crippen molar-refractivity contribution in [3.8, 4) is 16.9 Å². The van der Waals surface area contributed by atoms with Gasteiger partial charge in [0.15, 0.2) is 0 Å². The largest absolute Gasteiger partial charge is 0.511 e. The van der Waals surface area contributed by atoms with Gasteiger partial charge >= 0.3 is 15.5 Å². The van der Waals surface area contributed by atoms with Crippen LogP contribution in [0.5, 0.6) is 5.75 Å². The highest BCUT2D eigenvalue weighted by atomic mass is 32.2. The number of carbonyl (C=O) groups excluding carboxylic acids is 5. The van der Waals surface area contributed by atoms with Crippen LogP contribution in [0.15, 0.2) is 66.9 Å². The number of ether oxygens (including phenoxy) is 5. The average molecular weight is 987 g/mol. The number of carbonyl (C=O) groups is 5. The highest BCUT2D eigenvalue weighted by molar-refractivity contribution is 7.90. The van der Waals surface area contributed by atoms with Crippen LogP contribution in [0.4, 0.5) is 18.9 Å². The number of nitrogens with one attached hydrogen (secondary N) is 2. The molecule has 4 aromatic rings. The van der Waals surface area contributed by atoms with E-state index in [0.29, 0.717) is 27.7 Å². The molecule has 18 nitrogen and oxygen atoms in total. The standard InChI is InChI=1S/C45H49F3N6O12S2/c46-45(47,48)68(60,61)52-14-11-31(12-15-52)53-27-34(28-3-1-4-29(25-28)41(49)67)32-8-7-30(26-36(32)53)50-39(56)13-16-62-17-18-63-19-20-64-21-22-65-23-24-66-37-6-2-5-33-40(37)44(59)54(43(33)58)35-9-10-38(55)51-42(35)57/h1-8,25-27,31,35H,9-24H2,(H2,49,67)(H,50,56)(H,51,55,57). The van der Waals surface area contributed by atoms with Crippen LogP contribution in [-0.4, -0.2) is 141 Å². The second kappa shape index (κ2) is 22.1. The molecule has 23 heteroatoms. The smallest absolute Gasteiger partial charge is 0.490 e. The summed E-state index contributed by atoms with van der Waals surface area (Å²) in [5.74, 6) is -2.56. The summed E-state index contributed by atoms with van der Waals surface area (Å²) in [6.45, 7) is 1.36. The van der Waals surface area contributed by atoms with E-state index >= 15 is 0 Å². The Morgan fingerprint density at radius 2 is 1.46 bits per heavy atom. The summed E-state index contributed by atoms with van der Waals surface area (Å²) in [6, 6.07) is 15.9. The van der Waals surface area contributed by atoms with E-state index in [2.05, 4.69) is 10.6 Å². The van der Waals surface area contributed by atoms with Gasteiger partial charge < -0.3 is 39.3 Å². The summed E-state index contributed by atoms with van der Waals surface area (Å²) in [6.07, 6.45) is 2.26.